The molecule has 0 spiro atoms. The summed E-state index contributed by atoms with van der Waals surface area (Å²) in [4.78, 5) is 11.9. The first kappa shape index (κ1) is 9.95. The summed E-state index contributed by atoms with van der Waals surface area (Å²) in [5.41, 5.74) is 1.16. The van der Waals surface area contributed by atoms with Crippen LogP contribution >= 0.6 is 0 Å². The number of fused-ring (bicyclic) bond motifs is 2. The highest BCUT2D eigenvalue weighted by Crippen LogP contribution is 2.39. The van der Waals surface area contributed by atoms with Gasteiger partial charge in [0.1, 0.15) is 0 Å². The molecule has 78 valence electrons. The zero-order valence-electron chi connectivity index (χ0n) is 9.09. The molecule has 2 rings (SSSR count). The molecule has 0 aromatic heterocycles. The normalized spacial score (nSPS) is 30.6. The van der Waals surface area contributed by atoms with Crippen molar-refractivity contribution in [1.82, 2.24) is 0 Å². The molecule has 1 saturated carbocycles. The van der Waals surface area contributed by atoms with Crippen molar-refractivity contribution in [3.63, 3.8) is 0 Å². The van der Waals surface area contributed by atoms with Crippen molar-refractivity contribution >= 4 is 5.78 Å². The van der Waals surface area contributed by atoms with E-state index in [0.29, 0.717) is 11.7 Å². The van der Waals surface area contributed by atoms with E-state index >= 15 is 0 Å². The lowest BCUT2D eigenvalue weighted by molar-refractivity contribution is -0.121. The summed E-state index contributed by atoms with van der Waals surface area (Å²) < 4.78 is 0. The number of ketones is 1. The lowest BCUT2D eigenvalue weighted by atomic mass is 9.79. The molecule has 0 radical (unpaired) electrons. The Morgan fingerprint density at radius 2 is 2.29 bits per heavy atom. The average molecular weight is 192 g/mol. The Bertz CT molecular complexity index is 252. The topological polar surface area (TPSA) is 17.1 Å². The minimum absolute atomic E-state index is 0.383. The van der Waals surface area contributed by atoms with E-state index in [0.717, 1.165) is 24.3 Å². The predicted molar refractivity (Wildman–Crippen MR) is 58.1 cm³/mol. The van der Waals surface area contributed by atoms with E-state index in [4.69, 9.17) is 0 Å². The van der Waals surface area contributed by atoms with E-state index in [-0.39, 0.29) is 0 Å². The molecular weight excluding hydrogens is 172 g/mol. The van der Waals surface area contributed by atoms with Crippen molar-refractivity contribution in [2.75, 3.05) is 0 Å². The molecule has 2 bridgehead atoms. The zero-order valence-corrected chi connectivity index (χ0v) is 9.09. The summed E-state index contributed by atoms with van der Waals surface area (Å²) in [7, 11) is 0. The molecule has 2 aliphatic rings. The quantitative estimate of drug-likeness (QED) is 0.623. The monoisotopic (exact) mass is 192 g/mol. The van der Waals surface area contributed by atoms with Crippen LogP contribution in [0.1, 0.15) is 51.9 Å². The van der Waals surface area contributed by atoms with Crippen molar-refractivity contribution in [3.05, 3.63) is 11.6 Å². The second-order valence-electron chi connectivity index (χ2n) is 4.83. The maximum Gasteiger partial charge on any atom is 0.161 e. The molecule has 14 heavy (non-hydrogen) atoms. The smallest absolute Gasteiger partial charge is 0.161 e. The van der Waals surface area contributed by atoms with Crippen LogP contribution in [0.5, 0.6) is 0 Å². The van der Waals surface area contributed by atoms with Gasteiger partial charge in [-0.2, -0.15) is 0 Å². The van der Waals surface area contributed by atoms with E-state index in [2.05, 4.69) is 13.0 Å². The third-order valence-electron chi connectivity index (χ3n) is 3.67. The lowest BCUT2D eigenvalue weighted by Crippen LogP contribution is -2.23. The first-order chi connectivity index (χ1) is 6.81. The molecule has 2 aliphatic carbocycles. The zero-order chi connectivity index (χ0) is 9.97. The van der Waals surface area contributed by atoms with E-state index in [1.165, 1.54) is 32.1 Å². The van der Waals surface area contributed by atoms with Crippen LogP contribution in [-0.4, -0.2) is 5.78 Å². The molecule has 0 aromatic rings. The van der Waals surface area contributed by atoms with Gasteiger partial charge >= 0.3 is 0 Å². The molecule has 2 unspecified atom stereocenters. The predicted octanol–water partition coefficient (Wildman–Crippen LogP) is 3.49. The summed E-state index contributed by atoms with van der Waals surface area (Å²) in [5, 5.41) is 0. The van der Waals surface area contributed by atoms with Gasteiger partial charge in [0, 0.05) is 5.92 Å². The molecule has 0 aromatic carbocycles. The maximum absolute atomic E-state index is 11.9. The van der Waals surface area contributed by atoms with Crippen LogP contribution in [0.3, 0.4) is 0 Å². The maximum atomic E-state index is 11.9. The summed E-state index contributed by atoms with van der Waals surface area (Å²) in [5.74, 6) is 1.68. The molecule has 0 heterocycles. The minimum Gasteiger partial charge on any atom is -0.294 e. The number of hydrogen-bond donors (Lipinski definition) is 0. The van der Waals surface area contributed by atoms with Gasteiger partial charge in [-0.1, -0.05) is 32.3 Å². The molecule has 0 aliphatic heterocycles. The van der Waals surface area contributed by atoms with Crippen LogP contribution in [-0.2, 0) is 4.79 Å². The molecule has 0 saturated heterocycles. The second-order valence-corrected chi connectivity index (χ2v) is 4.83. The first-order valence-electron chi connectivity index (χ1n) is 6.04. The number of carbonyl (C=O) groups excluding carboxylic acids is 1. The van der Waals surface area contributed by atoms with Gasteiger partial charge in [-0.15, -0.1) is 0 Å². The number of unbranched alkanes of at least 4 members (excludes halogenated alkanes) is 2. The third kappa shape index (κ3) is 1.92. The van der Waals surface area contributed by atoms with E-state index in [9.17, 15) is 4.79 Å². The number of hydrogen-bond acceptors (Lipinski definition) is 1. The second kappa shape index (κ2) is 4.29. The summed E-state index contributed by atoms with van der Waals surface area (Å²) >= 11 is 0. The Hall–Kier alpha value is -0.590. The van der Waals surface area contributed by atoms with Crippen molar-refractivity contribution in [1.29, 1.82) is 0 Å². The number of Topliss-reactive ketones (excluding diaryl/α,β-unsaturated/α-hetero) is 1. The van der Waals surface area contributed by atoms with E-state index in [1.807, 2.05) is 0 Å². The average Bonchev–Trinajstić information content (AvgIpc) is 2.58. The molecule has 0 N–H and O–H groups in total. The van der Waals surface area contributed by atoms with Crippen molar-refractivity contribution < 1.29 is 4.79 Å². The van der Waals surface area contributed by atoms with E-state index < -0.39 is 0 Å². The molecular formula is C13H20O. The van der Waals surface area contributed by atoms with Crippen LogP contribution in [0.15, 0.2) is 11.6 Å². The van der Waals surface area contributed by atoms with E-state index in [1.54, 1.807) is 0 Å². The number of carbonyl (C=O) groups is 1. The van der Waals surface area contributed by atoms with Gasteiger partial charge in [0.15, 0.2) is 5.78 Å². The molecule has 0 amide bonds. The van der Waals surface area contributed by atoms with Gasteiger partial charge in [-0.05, 0) is 37.2 Å². The number of rotatable bonds is 4. The van der Waals surface area contributed by atoms with Crippen molar-refractivity contribution in [3.8, 4) is 0 Å². The van der Waals surface area contributed by atoms with Gasteiger partial charge in [0.25, 0.3) is 0 Å². The Labute approximate surface area is 86.6 Å². The van der Waals surface area contributed by atoms with Crippen LogP contribution in [0.2, 0.25) is 0 Å². The van der Waals surface area contributed by atoms with Crippen molar-refractivity contribution in [2.45, 2.75) is 51.9 Å². The van der Waals surface area contributed by atoms with Gasteiger partial charge < -0.3 is 0 Å². The molecule has 1 heteroatoms. The van der Waals surface area contributed by atoms with Gasteiger partial charge in [0.2, 0.25) is 0 Å². The Kier molecular flexibility index (Phi) is 3.05. The molecule has 2 atom stereocenters. The fraction of sp³-hybridized carbons (Fsp3) is 0.769. The first-order valence-corrected chi connectivity index (χ1v) is 6.04. The van der Waals surface area contributed by atoms with Crippen LogP contribution in [0.4, 0.5) is 0 Å². The Morgan fingerprint density at radius 1 is 1.43 bits per heavy atom. The number of allylic oxidation sites excluding steroid dienone is 2. The molecule has 1 fully saturated rings. The fourth-order valence-electron chi connectivity index (χ4n) is 2.83. The fourth-order valence-corrected chi connectivity index (χ4v) is 2.83. The highest BCUT2D eigenvalue weighted by Gasteiger charge is 2.34. The largest absolute Gasteiger partial charge is 0.294 e. The Balaban J connectivity index is 1.87. The van der Waals surface area contributed by atoms with Crippen LogP contribution in [0, 0.1) is 11.8 Å². The lowest BCUT2D eigenvalue weighted by Gasteiger charge is -2.24. The van der Waals surface area contributed by atoms with Crippen molar-refractivity contribution in [2.24, 2.45) is 11.8 Å². The standard InChI is InChI=1S/C13H20O/c1-2-3-4-5-11-8-10-6-7-12(9-10)13(11)14/h7,10-11H,2-6,8-9H2,1H3. The highest BCUT2D eigenvalue weighted by molar-refractivity contribution is 5.98. The minimum atomic E-state index is 0.383. The van der Waals surface area contributed by atoms with Gasteiger partial charge in [-0.3, -0.25) is 4.79 Å². The summed E-state index contributed by atoms with van der Waals surface area (Å²) in [6, 6.07) is 0. The summed E-state index contributed by atoms with van der Waals surface area (Å²) in [6.45, 7) is 2.22. The molecule has 1 nitrogen and oxygen atoms in total. The SMILES string of the molecule is CCCCCC1CC2CC=C(C2)C1=O. The van der Waals surface area contributed by atoms with Crippen LogP contribution < -0.4 is 0 Å². The highest BCUT2D eigenvalue weighted by atomic mass is 16.1. The third-order valence-corrected chi connectivity index (χ3v) is 3.67. The van der Waals surface area contributed by atoms with Gasteiger partial charge in [0.05, 0.1) is 0 Å². The van der Waals surface area contributed by atoms with Gasteiger partial charge in [-0.25, -0.2) is 0 Å². The summed E-state index contributed by atoms with van der Waals surface area (Å²) in [6.07, 6.45) is 10.5. The van der Waals surface area contributed by atoms with Crippen LogP contribution in [0.25, 0.3) is 0 Å². The Morgan fingerprint density at radius 3 is 3.07 bits per heavy atom.